The summed E-state index contributed by atoms with van der Waals surface area (Å²) < 4.78 is 62.3. The van der Waals surface area contributed by atoms with Gasteiger partial charge in [0.15, 0.2) is 9.84 Å². The van der Waals surface area contributed by atoms with Crippen LogP contribution in [0.15, 0.2) is 47.6 Å². The molecule has 14 heteroatoms. The summed E-state index contributed by atoms with van der Waals surface area (Å²) in [5, 5.41) is 5.99. The van der Waals surface area contributed by atoms with Gasteiger partial charge in [-0.2, -0.15) is 18.2 Å². The van der Waals surface area contributed by atoms with Crippen LogP contribution in [0.2, 0.25) is 5.02 Å². The molecule has 0 radical (unpaired) electrons. The summed E-state index contributed by atoms with van der Waals surface area (Å²) in [6, 6.07) is 9.45. The first kappa shape index (κ1) is 24.7. The highest BCUT2D eigenvalue weighted by atomic mass is 35.5. The van der Waals surface area contributed by atoms with E-state index < -0.39 is 21.9 Å². The number of halogens is 4. The van der Waals surface area contributed by atoms with Crippen molar-refractivity contribution >= 4 is 50.6 Å². The zero-order chi connectivity index (χ0) is 25.4. The minimum absolute atomic E-state index is 0.0747. The van der Waals surface area contributed by atoms with Crippen LogP contribution in [0.3, 0.4) is 0 Å². The van der Waals surface area contributed by atoms with E-state index in [1.807, 2.05) is 0 Å². The van der Waals surface area contributed by atoms with Crippen molar-refractivity contribution < 1.29 is 26.4 Å². The molecule has 0 saturated carbocycles. The van der Waals surface area contributed by atoms with Crippen molar-refractivity contribution in [2.45, 2.75) is 24.0 Å². The molecule has 2 N–H and O–H groups in total. The second kappa shape index (κ2) is 9.30. The van der Waals surface area contributed by atoms with E-state index in [2.05, 4.69) is 25.6 Å². The Morgan fingerprint density at radius 2 is 1.71 bits per heavy atom. The Labute approximate surface area is 203 Å². The van der Waals surface area contributed by atoms with Gasteiger partial charge in [0.25, 0.3) is 0 Å². The van der Waals surface area contributed by atoms with Crippen molar-refractivity contribution in [2.24, 2.45) is 0 Å². The molecule has 1 amide bonds. The number of anilines is 4. The smallest absolute Gasteiger partial charge is 0.330 e. The first-order valence-electron chi connectivity index (χ1n) is 10.1. The average molecular weight is 527 g/mol. The number of para-hydroxylation sites is 1. The summed E-state index contributed by atoms with van der Waals surface area (Å²) in [4.78, 5) is 24.6. The van der Waals surface area contributed by atoms with Crippen molar-refractivity contribution in [1.29, 1.82) is 0 Å². The van der Waals surface area contributed by atoms with Crippen LogP contribution in [0.1, 0.15) is 11.1 Å². The number of carbonyl (C=O) groups excluding carboxylic acids is 1. The Bertz CT molecular complexity index is 1400. The third-order valence-corrected chi connectivity index (χ3v) is 6.65. The molecule has 0 saturated heterocycles. The van der Waals surface area contributed by atoms with Gasteiger partial charge in [0, 0.05) is 19.3 Å². The molecule has 0 atom stereocenters. The van der Waals surface area contributed by atoms with Crippen molar-refractivity contribution in [3.8, 4) is 0 Å². The van der Waals surface area contributed by atoms with Crippen LogP contribution in [0, 0.1) is 0 Å². The molecule has 4 rings (SSSR count). The quantitative estimate of drug-likeness (QED) is 0.514. The van der Waals surface area contributed by atoms with Crippen molar-refractivity contribution in [2.75, 3.05) is 23.4 Å². The lowest BCUT2D eigenvalue weighted by Crippen LogP contribution is -2.43. The molecule has 0 unspecified atom stereocenters. The maximum atomic E-state index is 12.8. The molecule has 35 heavy (non-hydrogen) atoms. The number of carbonyl (C=O) groups is 1. The third kappa shape index (κ3) is 5.62. The summed E-state index contributed by atoms with van der Waals surface area (Å²) >= 11 is 6.33. The second-order valence-electron chi connectivity index (χ2n) is 7.73. The molecular weight excluding hydrogens is 509 g/mol. The fourth-order valence-electron chi connectivity index (χ4n) is 3.58. The largest absolute Gasteiger partial charge is 0.471 e. The van der Waals surface area contributed by atoms with E-state index in [1.165, 1.54) is 18.5 Å². The van der Waals surface area contributed by atoms with Gasteiger partial charge in [-0.3, -0.25) is 4.79 Å². The normalized spacial score (nSPS) is 13.8. The van der Waals surface area contributed by atoms with Crippen LogP contribution in [-0.4, -0.2) is 53.2 Å². The van der Waals surface area contributed by atoms with E-state index >= 15 is 0 Å². The highest BCUT2D eigenvalue weighted by molar-refractivity contribution is 7.90. The van der Waals surface area contributed by atoms with Crippen LogP contribution in [0.25, 0.3) is 0 Å². The number of aromatic nitrogens is 3. The molecule has 0 fully saturated rings. The van der Waals surface area contributed by atoms with Crippen molar-refractivity contribution in [3.05, 3.63) is 58.9 Å². The van der Waals surface area contributed by atoms with Gasteiger partial charge in [-0.05, 0) is 41.8 Å². The van der Waals surface area contributed by atoms with Crippen molar-refractivity contribution in [3.63, 3.8) is 0 Å². The van der Waals surface area contributed by atoms with Crippen molar-refractivity contribution in [1.82, 2.24) is 19.9 Å². The zero-order valence-corrected chi connectivity index (χ0v) is 19.7. The van der Waals surface area contributed by atoms with Gasteiger partial charge in [0.1, 0.15) is 6.33 Å². The lowest BCUT2D eigenvalue weighted by atomic mass is 9.99. The molecule has 2 aromatic carbocycles. The molecule has 1 aliphatic rings. The number of sulfone groups is 1. The number of rotatable bonds is 5. The number of nitrogens with zero attached hydrogens (tertiary/aromatic N) is 4. The Morgan fingerprint density at radius 1 is 1.06 bits per heavy atom. The number of hydrogen-bond acceptors (Lipinski definition) is 8. The molecular formula is C21H18ClF3N6O3S. The Hall–Kier alpha value is -3.45. The number of nitrogens with one attached hydrogen (secondary N) is 2. The monoisotopic (exact) mass is 526 g/mol. The highest BCUT2D eigenvalue weighted by Crippen LogP contribution is 2.32. The van der Waals surface area contributed by atoms with Crippen LogP contribution in [0.4, 0.5) is 36.4 Å². The van der Waals surface area contributed by atoms with Crippen LogP contribution in [0.5, 0.6) is 0 Å². The van der Waals surface area contributed by atoms with E-state index in [4.69, 9.17) is 11.6 Å². The minimum Gasteiger partial charge on any atom is -0.330 e. The summed E-state index contributed by atoms with van der Waals surface area (Å²) in [7, 11) is -3.50. The number of hydrogen-bond donors (Lipinski definition) is 2. The molecule has 2 heterocycles. The van der Waals surface area contributed by atoms with Gasteiger partial charge in [0.2, 0.25) is 11.9 Å². The fourth-order valence-corrected chi connectivity index (χ4v) is 4.66. The number of benzene rings is 2. The standard InChI is InChI=1S/C21H18ClF3N6O3S/c1-35(33,34)17-5-3-2-4-15(17)28-19-26-11-27-20(30-19)29-16-9-12-6-7-31(18(32)21(23,24)25)10-13(12)8-14(16)22/h2-5,8-9,11H,6-7,10H2,1H3,(H2,26,27,28,29,30). The van der Waals surface area contributed by atoms with Gasteiger partial charge in [0.05, 0.1) is 21.3 Å². The minimum atomic E-state index is -4.94. The zero-order valence-electron chi connectivity index (χ0n) is 18.1. The molecule has 3 aromatic rings. The second-order valence-corrected chi connectivity index (χ2v) is 10.1. The van der Waals surface area contributed by atoms with Gasteiger partial charge in [-0.1, -0.05) is 23.7 Å². The first-order valence-corrected chi connectivity index (χ1v) is 12.4. The van der Waals surface area contributed by atoms with E-state index in [-0.39, 0.29) is 47.0 Å². The van der Waals surface area contributed by atoms with E-state index in [0.717, 1.165) is 16.7 Å². The van der Waals surface area contributed by atoms with Crippen LogP contribution < -0.4 is 10.6 Å². The lowest BCUT2D eigenvalue weighted by Gasteiger charge is -2.30. The van der Waals surface area contributed by atoms with Gasteiger partial charge >= 0.3 is 12.1 Å². The molecule has 1 aromatic heterocycles. The predicted octanol–water partition coefficient (Wildman–Crippen LogP) is 3.86. The molecule has 0 aliphatic carbocycles. The molecule has 0 bridgehead atoms. The maximum absolute atomic E-state index is 12.8. The molecule has 184 valence electrons. The van der Waals surface area contributed by atoms with Gasteiger partial charge in [-0.25, -0.2) is 18.4 Å². The van der Waals surface area contributed by atoms with Gasteiger partial charge in [-0.15, -0.1) is 0 Å². The number of fused-ring (bicyclic) bond motifs is 1. The molecule has 0 spiro atoms. The Kier molecular flexibility index (Phi) is 6.56. The fraction of sp³-hybridized carbons (Fsp3) is 0.238. The average Bonchev–Trinajstić information content (AvgIpc) is 2.78. The van der Waals surface area contributed by atoms with Gasteiger partial charge < -0.3 is 15.5 Å². The van der Waals surface area contributed by atoms with E-state index in [9.17, 15) is 26.4 Å². The van der Waals surface area contributed by atoms with E-state index in [0.29, 0.717) is 11.3 Å². The number of alkyl halides is 3. The third-order valence-electron chi connectivity index (χ3n) is 5.18. The summed E-state index contributed by atoms with van der Waals surface area (Å²) in [6.07, 6.45) is -2.41. The number of amides is 1. The summed E-state index contributed by atoms with van der Waals surface area (Å²) in [5.41, 5.74) is 1.95. The Morgan fingerprint density at radius 3 is 2.37 bits per heavy atom. The SMILES string of the molecule is CS(=O)(=O)c1ccccc1Nc1ncnc(Nc2cc3c(cc2Cl)CN(C(=O)C(F)(F)F)CC3)n1. The molecule has 1 aliphatic heterocycles. The first-order chi connectivity index (χ1) is 16.4. The predicted molar refractivity (Wildman–Crippen MR) is 123 cm³/mol. The maximum Gasteiger partial charge on any atom is 0.471 e. The van der Waals surface area contributed by atoms with E-state index in [1.54, 1.807) is 24.3 Å². The van der Waals surface area contributed by atoms with Crippen LogP contribution in [-0.2, 0) is 27.6 Å². The topological polar surface area (TPSA) is 117 Å². The van der Waals surface area contributed by atoms with Crippen LogP contribution >= 0.6 is 11.6 Å². The molecule has 9 nitrogen and oxygen atoms in total. The lowest BCUT2D eigenvalue weighted by molar-refractivity contribution is -0.186. The summed E-state index contributed by atoms with van der Waals surface area (Å²) in [5.74, 6) is -1.70. The highest BCUT2D eigenvalue weighted by Gasteiger charge is 2.43. The Balaban J connectivity index is 1.54. The summed E-state index contributed by atoms with van der Waals surface area (Å²) in [6.45, 7) is -0.279.